The average Bonchev–Trinajstić information content (AvgIpc) is 2.64. The largest absolute Gasteiger partial charge is 0.299 e. The first-order valence-electron chi connectivity index (χ1n) is 4.34. The predicted molar refractivity (Wildman–Crippen MR) is 50.5 cm³/mol. The molecule has 0 radical (unpaired) electrons. The Morgan fingerprint density at radius 2 is 2.42 bits per heavy atom. The van der Waals surface area contributed by atoms with E-state index in [1.165, 1.54) is 5.56 Å². The highest BCUT2D eigenvalue weighted by Crippen LogP contribution is 2.37. The number of carbonyl (C=O) groups excluding carboxylic acids is 1. The summed E-state index contributed by atoms with van der Waals surface area (Å²) < 4.78 is 0. The molecule has 64 valence electrons. The molecule has 1 fully saturated rings. The molecule has 1 aliphatic carbocycles. The molecule has 0 saturated heterocycles. The van der Waals surface area contributed by atoms with Gasteiger partial charge in [-0.05, 0) is 34.7 Å². The molecule has 0 amide bonds. The highest BCUT2D eigenvalue weighted by molar-refractivity contribution is 7.08. The molecule has 0 aliphatic heterocycles. The fraction of sp³-hybridized carbons (Fsp3) is 0.500. The Morgan fingerprint density at radius 1 is 1.58 bits per heavy atom. The van der Waals surface area contributed by atoms with Crippen molar-refractivity contribution < 1.29 is 4.79 Å². The van der Waals surface area contributed by atoms with E-state index in [1.54, 1.807) is 11.3 Å². The van der Waals surface area contributed by atoms with Gasteiger partial charge in [0.25, 0.3) is 0 Å². The van der Waals surface area contributed by atoms with Gasteiger partial charge < -0.3 is 0 Å². The molecule has 1 aromatic heterocycles. The number of Topliss-reactive ketones (excluding diaryl/α,β-unsaturated/α-hetero) is 1. The van der Waals surface area contributed by atoms with E-state index in [4.69, 9.17) is 0 Å². The van der Waals surface area contributed by atoms with E-state index in [1.807, 2.05) is 0 Å². The van der Waals surface area contributed by atoms with Crippen molar-refractivity contribution in [1.29, 1.82) is 0 Å². The van der Waals surface area contributed by atoms with Crippen molar-refractivity contribution in [3.63, 3.8) is 0 Å². The van der Waals surface area contributed by atoms with E-state index >= 15 is 0 Å². The molecule has 1 saturated carbocycles. The third kappa shape index (κ3) is 1.20. The summed E-state index contributed by atoms with van der Waals surface area (Å²) in [6.45, 7) is 2.05. The minimum Gasteiger partial charge on any atom is -0.299 e. The third-order valence-corrected chi connectivity index (χ3v) is 3.49. The van der Waals surface area contributed by atoms with Crippen molar-refractivity contribution in [2.75, 3.05) is 0 Å². The van der Waals surface area contributed by atoms with E-state index in [0.717, 1.165) is 12.8 Å². The summed E-state index contributed by atoms with van der Waals surface area (Å²) in [6.07, 6.45) is 1.83. The third-order valence-electron chi connectivity index (χ3n) is 2.78. The second kappa shape index (κ2) is 3.02. The van der Waals surface area contributed by atoms with Crippen molar-refractivity contribution >= 4 is 17.1 Å². The van der Waals surface area contributed by atoms with Crippen LogP contribution in [0.25, 0.3) is 0 Å². The molecular weight excluding hydrogens is 168 g/mol. The molecule has 0 spiro atoms. The van der Waals surface area contributed by atoms with Crippen LogP contribution >= 0.6 is 11.3 Å². The lowest BCUT2D eigenvalue weighted by Crippen LogP contribution is -2.07. The summed E-state index contributed by atoms with van der Waals surface area (Å²) in [5.41, 5.74) is 1.36. The molecule has 1 aliphatic rings. The molecule has 12 heavy (non-hydrogen) atoms. The van der Waals surface area contributed by atoms with Crippen LogP contribution in [0.2, 0.25) is 0 Å². The highest BCUT2D eigenvalue weighted by atomic mass is 32.1. The van der Waals surface area contributed by atoms with Crippen LogP contribution in [0.4, 0.5) is 0 Å². The molecule has 0 N–H and O–H groups in total. The lowest BCUT2D eigenvalue weighted by molar-refractivity contribution is -0.120. The van der Waals surface area contributed by atoms with Crippen molar-refractivity contribution in [1.82, 2.24) is 0 Å². The van der Waals surface area contributed by atoms with Gasteiger partial charge in [-0.2, -0.15) is 11.3 Å². The monoisotopic (exact) mass is 180 g/mol. The highest BCUT2D eigenvalue weighted by Gasteiger charge is 2.31. The Hall–Kier alpha value is -0.630. The van der Waals surface area contributed by atoms with E-state index in [2.05, 4.69) is 23.8 Å². The number of carbonyl (C=O) groups is 1. The zero-order valence-electron chi connectivity index (χ0n) is 7.12. The lowest BCUT2D eigenvalue weighted by Gasteiger charge is -2.11. The topological polar surface area (TPSA) is 17.1 Å². The Morgan fingerprint density at radius 3 is 2.92 bits per heavy atom. The van der Waals surface area contributed by atoms with Crippen LogP contribution in [0.5, 0.6) is 0 Å². The van der Waals surface area contributed by atoms with E-state index in [9.17, 15) is 4.79 Å². The number of hydrogen-bond acceptors (Lipinski definition) is 2. The zero-order valence-corrected chi connectivity index (χ0v) is 7.93. The molecule has 2 unspecified atom stereocenters. The first-order valence-corrected chi connectivity index (χ1v) is 5.28. The standard InChI is InChI=1S/C10H12OS/c1-7-9(2-3-10(7)11)8-4-5-12-6-8/h4-7,9H,2-3H2,1H3. The maximum Gasteiger partial charge on any atom is 0.136 e. The van der Waals surface area contributed by atoms with Gasteiger partial charge >= 0.3 is 0 Å². The van der Waals surface area contributed by atoms with Crippen LogP contribution in [0.3, 0.4) is 0 Å². The Labute approximate surface area is 76.4 Å². The Balaban J connectivity index is 2.21. The molecule has 1 nitrogen and oxygen atoms in total. The first kappa shape index (κ1) is 7.99. The van der Waals surface area contributed by atoms with E-state index in [0.29, 0.717) is 11.7 Å². The van der Waals surface area contributed by atoms with Gasteiger partial charge in [-0.25, -0.2) is 0 Å². The van der Waals surface area contributed by atoms with Gasteiger partial charge in [-0.1, -0.05) is 6.92 Å². The summed E-state index contributed by atoms with van der Waals surface area (Å²) in [6, 6.07) is 2.14. The summed E-state index contributed by atoms with van der Waals surface area (Å²) in [7, 11) is 0. The summed E-state index contributed by atoms with van der Waals surface area (Å²) >= 11 is 1.72. The molecule has 1 heterocycles. The Bertz CT molecular complexity index is 276. The normalized spacial score (nSPS) is 29.6. The van der Waals surface area contributed by atoms with Gasteiger partial charge in [-0.15, -0.1) is 0 Å². The van der Waals surface area contributed by atoms with Crippen LogP contribution in [0, 0.1) is 5.92 Å². The van der Waals surface area contributed by atoms with Gasteiger partial charge in [0.05, 0.1) is 0 Å². The first-order chi connectivity index (χ1) is 5.79. The average molecular weight is 180 g/mol. The molecule has 0 bridgehead atoms. The fourth-order valence-corrected chi connectivity index (χ4v) is 2.67. The van der Waals surface area contributed by atoms with Gasteiger partial charge in [0.15, 0.2) is 0 Å². The zero-order chi connectivity index (χ0) is 8.55. The van der Waals surface area contributed by atoms with E-state index in [-0.39, 0.29) is 5.92 Å². The van der Waals surface area contributed by atoms with Gasteiger partial charge in [-0.3, -0.25) is 4.79 Å². The minimum atomic E-state index is 0.250. The van der Waals surface area contributed by atoms with Crippen molar-refractivity contribution in [2.24, 2.45) is 5.92 Å². The van der Waals surface area contributed by atoms with E-state index < -0.39 is 0 Å². The second-order valence-electron chi connectivity index (χ2n) is 3.46. The molecule has 2 rings (SSSR count). The maximum absolute atomic E-state index is 11.3. The molecule has 0 aromatic carbocycles. The van der Waals surface area contributed by atoms with Crippen LogP contribution < -0.4 is 0 Å². The quantitative estimate of drug-likeness (QED) is 0.649. The van der Waals surface area contributed by atoms with Gasteiger partial charge in [0, 0.05) is 12.3 Å². The molecule has 2 atom stereocenters. The smallest absolute Gasteiger partial charge is 0.136 e. The van der Waals surface area contributed by atoms with Crippen LogP contribution in [-0.2, 0) is 4.79 Å². The van der Waals surface area contributed by atoms with Gasteiger partial charge in [0.2, 0.25) is 0 Å². The number of thiophene rings is 1. The summed E-state index contributed by atoms with van der Waals surface area (Å²) in [4.78, 5) is 11.3. The SMILES string of the molecule is CC1C(=O)CCC1c1ccsc1. The second-order valence-corrected chi connectivity index (χ2v) is 4.24. The summed E-state index contributed by atoms with van der Waals surface area (Å²) in [5.74, 6) is 1.19. The minimum absolute atomic E-state index is 0.250. The van der Waals surface area contributed by atoms with Crippen molar-refractivity contribution in [3.8, 4) is 0 Å². The van der Waals surface area contributed by atoms with Crippen LogP contribution in [0.1, 0.15) is 31.2 Å². The maximum atomic E-state index is 11.3. The Kier molecular flexibility index (Phi) is 2.01. The van der Waals surface area contributed by atoms with Crippen LogP contribution in [0.15, 0.2) is 16.8 Å². The van der Waals surface area contributed by atoms with Crippen molar-refractivity contribution in [3.05, 3.63) is 22.4 Å². The predicted octanol–water partition coefficient (Wildman–Crippen LogP) is 2.83. The van der Waals surface area contributed by atoms with Gasteiger partial charge in [0.1, 0.15) is 5.78 Å². The number of rotatable bonds is 1. The van der Waals surface area contributed by atoms with Crippen molar-refractivity contribution in [2.45, 2.75) is 25.7 Å². The molecule has 2 heteroatoms. The number of hydrogen-bond donors (Lipinski definition) is 0. The fourth-order valence-electron chi connectivity index (χ4n) is 1.94. The number of ketones is 1. The molecular formula is C10H12OS. The lowest BCUT2D eigenvalue weighted by atomic mass is 9.92. The van der Waals surface area contributed by atoms with Crippen LogP contribution in [-0.4, -0.2) is 5.78 Å². The summed E-state index contributed by atoms with van der Waals surface area (Å²) in [5, 5.41) is 4.25. The molecule has 1 aromatic rings.